The highest BCUT2D eigenvalue weighted by molar-refractivity contribution is 7.89. The van der Waals surface area contributed by atoms with Gasteiger partial charge in [-0.1, -0.05) is 12.1 Å². The molecule has 1 amide bonds. The number of piperazine rings is 1. The van der Waals surface area contributed by atoms with Gasteiger partial charge in [0.05, 0.1) is 4.90 Å². The molecule has 2 aromatic rings. The number of alkyl halides is 3. The van der Waals surface area contributed by atoms with Gasteiger partial charge in [0.15, 0.2) is 0 Å². The number of hydrogen-bond acceptors (Lipinski definition) is 4. The molecule has 0 spiro atoms. The number of amides is 1. The van der Waals surface area contributed by atoms with Gasteiger partial charge >= 0.3 is 6.18 Å². The zero-order valence-corrected chi connectivity index (χ0v) is 18.1. The van der Waals surface area contributed by atoms with Crippen LogP contribution in [0.5, 0.6) is 0 Å². The van der Waals surface area contributed by atoms with Crippen molar-refractivity contribution in [3.05, 3.63) is 59.2 Å². The molecular formula is C21H24F3N3O3S. The maximum absolute atomic E-state index is 12.9. The summed E-state index contributed by atoms with van der Waals surface area (Å²) in [7, 11) is -3.77. The topological polar surface area (TPSA) is 69.7 Å². The SMILES string of the molecule is Cc1cccc(N2CCN(S(=O)(=O)c3ccc(C(=O)NCC(F)(F)F)cc3)CC2)c1C. The van der Waals surface area contributed by atoms with Gasteiger partial charge in [-0.05, 0) is 55.3 Å². The fourth-order valence-electron chi connectivity index (χ4n) is 3.46. The van der Waals surface area contributed by atoms with Gasteiger partial charge in [-0.2, -0.15) is 17.5 Å². The Morgan fingerprint density at radius 1 is 1.00 bits per heavy atom. The van der Waals surface area contributed by atoms with Crippen molar-refractivity contribution in [1.82, 2.24) is 9.62 Å². The second-order valence-corrected chi connectivity index (χ2v) is 9.37. The summed E-state index contributed by atoms with van der Waals surface area (Å²) < 4.78 is 64.0. The minimum Gasteiger partial charge on any atom is -0.369 e. The van der Waals surface area contributed by atoms with E-state index in [1.54, 1.807) is 5.32 Å². The first-order valence-corrected chi connectivity index (χ1v) is 11.2. The largest absolute Gasteiger partial charge is 0.405 e. The third-order valence-electron chi connectivity index (χ3n) is 5.36. The average molecular weight is 456 g/mol. The average Bonchev–Trinajstić information content (AvgIpc) is 2.73. The molecule has 3 rings (SSSR count). The summed E-state index contributed by atoms with van der Waals surface area (Å²) in [6, 6.07) is 11.0. The number of nitrogens with zero attached hydrogens (tertiary/aromatic N) is 2. The molecule has 0 atom stereocenters. The Bertz CT molecular complexity index is 1050. The molecule has 1 aliphatic rings. The van der Waals surface area contributed by atoms with Crippen molar-refractivity contribution < 1.29 is 26.4 Å². The number of anilines is 1. The van der Waals surface area contributed by atoms with Gasteiger partial charge in [0.25, 0.3) is 5.91 Å². The Balaban J connectivity index is 1.66. The molecule has 0 radical (unpaired) electrons. The molecule has 1 aliphatic heterocycles. The second kappa shape index (κ2) is 8.88. The maximum Gasteiger partial charge on any atom is 0.405 e. The molecule has 1 fully saturated rings. The van der Waals surface area contributed by atoms with E-state index in [-0.39, 0.29) is 10.5 Å². The van der Waals surface area contributed by atoms with E-state index in [1.807, 2.05) is 32.0 Å². The van der Waals surface area contributed by atoms with E-state index in [0.717, 1.165) is 11.3 Å². The van der Waals surface area contributed by atoms with Crippen molar-refractivity contribution in [2.45, 2.75) is 24.9 Å². The fourth-order valence-corrected chi connectivity index (χ4v) is 4.88. The van der Waals surface area contributed by atoms with Crippen molar-refractivity contribution in [1.29, 1.82) is 0 Å². The lowest BCUT2D eigenvalue weighted by Gasteiger charge is -2.36. The first-order valence-electron chi connectivity index (χ1n) is 9.75. The van der Waals surface area contributed by atoms with Gasteiger partial charge in [-0.15, -0.1) is 0 Å². The number of carbonyl (C=O) groups excluding carboxylic acids is 1. The van der Waals surface area contributed by atoms with Crippen LogP contribution in [0.2, 0.25) is 0 Å². The molecule has 0 aromatic heterocycles. The van der Waals surface area contributed by atoms with Crippen LogP contribution < -0.4 is 10.2 Å². The van der Waals surface area contributed by atoms with E-state index in [2.05, 4.69) is 4.90 Å². The summed E-state index contributed by atoms with van der Waals surface area (Å²) in [5.41, 5.74) is 3.39. The van der Waals surface area contributed by atoms with Crippen LogP contribution in [0.25, 0.3) is 0 Å². The Morgan fingerprint density at radius 2 is 1.61 bits per heavy atom. The fraction of sp³-hybridized carbons (Fsp3) is 0.381. The molecule has 1 saturated heterocycles. The van der Waals surface area contributed by atoms with E-state index < -0.39 is 28.7 Å². The Kier molecular flexibility index (Phi) is 6.61. The lowest BCUT2D eigenvalue weighted by atomic mass is 10.1. The minimum atomic E-state index is -4.52. The van der Waals surface area contributed by atoms with Crippen LogP contribution >= 0.6 is 0 Å². The summed E-state index contributed by atoms with van der Waals surface area (Å²) >= 11 is 0. The number of rotatable bonds is 5. The predicted octanol–water partition coefficient (Wildman–Crippen LogP) is 3.11. The van der Waals surface area contributed by atoms with Crippen LogP contribution in [0.4, 0.5) is 18.9 Å². The van der Waals surface area contributed by atoms with Gasteiger partial charge in [-0.3, -0.25) is 4.79 Å². The molecule has 0 saturated carbocycles. The highest BCUT2D eigenvalue weighted by atomic mass is 32.2. The third-order valence-corrected chi connectivity index (χ3v) is 7.27. The third kappa shape index (κ3) is 5.37. The highest BCUT2D eigenvalue weighted by Gasteiger charge is 2.30. The van der Waals surface area contributed by atoms with Crippen molar-refractivity contribution in [3.8, 4) is 0 Å². The molecule has 1 heterocycles. The molecule has 31 heavy (non-hydrogen) atoms. The number of halogens is 3. The van der Waals surface area contributed by atoms with Crippen LogP contribution in [-0.2, 0) is 10.0 Å². The molecule has 1 N–H and O–H groups in total. The normalized spacial score (nSPS) is 15.7. The summed E-state index contributed by atoms with van der Waals surface area (Å²) in [6.07, 6.45) is -4.52. The smallest absolute Gasteiger partial charge is 0.369 e. The summed E-state index contributed by atoms with van der Waals surface area (Å²) in [4.78, 5) is 14.0. The minimum absolute atomic E-state index is 0.0000532. The Labute approximate surface area is 179 Å². The van der Waals surface area contributed by atoms with Gasteiger partial charge in [0, 0.05) is 37.4 Å². The van der Waals surface area contributed by atoms with Gasteiger partial charge in [-0.25, -0.2) is 8.42 Å². The maximum atomic E-state index is 12.9. The van der Waals surface area contributed by atoms with E-state index in [0.29, 0.717) is 26.2 Å². The molecule has 168 valence electrons. The first kappa shape index (κ1) is 23.1. The van der Waals surface area contributed by atoms with E-state index in [4.69, 9.17) is 0 Å². The van der Waals surface area contributed by atoms with Gasteiger partial charge in [0.2, 0.25) is 10.0 Å². The highest BCUT2D eigenvalue weighted by Crippen LogP contribution is 2.26. The number of hydrogen-bond donors (Lipinski definition) is 1. The molecule has 10 heteroatoms. The number of benzene rings is 2. The molecule has 0 unspecified atom stereocenters. The van der Waals surface area contributed by atoms with Crippen molar-refractivity contribution >= 4 is 21.6 Å². The number of carbonyl (C=O) groups is 1. The summed E-state index contributed by atoms with van der Waals surface area (Å²) in [6.45, 7) is 4.33. The Hall–Kier alpha value is -2.59. The lowest BCUT2D eigenvalue weighted by molar-refractivity contribution is -0.123. The zero-order valence-electron chi connectivity index (χ0n) is 17.2. The standard InChI is InChI=1S/C21H24F3N3O3S/c1-15-4-3-5-19(16(15)2)26-10-12-27(13-11-26)31(29,30)18-8-6-17(7-9-18)20(28)25-14-21(22,23)24/h3-9H,10-14H2,1-2H3,(H,25,28). The number of aryl methyl sites for hydroxylation is 1. The quantitative estimate of drug-likeness (QED) is 0.752. The van der Waals surface area contributed by atoms with Crippen LogP contribution in [-0.4, -0.2) is 57.5 Å². The lowest BCUT2D eigenvalue weighted by Crippen LogP contribution is -2.48. The van der Waals surface area contributed by atoms with Crippen LogP contribution in [0.3, 0.4) is 0 Å². The van der Waals surface area contributed by atoms with Crippen molar-refractivity contribution in [2.24, 2.45) is 0 Å². The van der Waals surface area contributed by atoms with Gasteiger partial charge < -0.3 is 10.2 Å². The van der Waals surface area contributed by atoms with E-state index >= 15 is 0 Å². The molecule has 6 nitrogen and oxygen atoms in total. The predicted molar refractivity (Wildman–Crippen MR) is 112 cm³/mol. The number of nitrogens with one attached hydrogen (secondary N) is 1. The first-order chi connectivity index (χ1) is 14.5. The van der Waals surface area contributed by atoms with Gasteiger partial charge in [0.1, 0.15) is 6.54 Å². The van der Waals surface area contributed by atoms with Crippen molar-refractivity contribution in [3.63, 3.8) is 0 Å². The monoisotopic (exact) mass is 455 g/mol. The van der Waals surface area contributed by atoms with Crippen molar-refractivity contribution in [2.75, 3.05) is 37.6 Å². The zero-order chi connectivity index (χ0) is 22.8. The molecule has 0 bridgehead atoms. The van der Waals surface area contributed by atoms with Crippen LogP contribution in [0.15, 0.2) is 47.4 Å². The van der Waals surface area contributed by atoms with Crippen LogP contribution in [0, 0.1) is 13.8 Å². The van der Waals surface area contributed by atoms with E-state index in [9.17, 15) is 26.4 Å². The summed E-state index contributed by atoms with van der Waals surface area (Å²) in [5.74, 6) is -0.914. The number of sulfonamides is 1. The van der Waals surface area contributed by atoms with Crippen LogP contribution in [0.1, 0.15) is 21.5 Å². The molecule has 0 aliphatic carbocycles. The summed E-state index contributed by atoms with van der Waals surface area (Å²) in [5, 5.41) is 1.76. The second-order valence-electron chi connectivity index (χ2n) is 7.43. The van der Waals surface area contributed by atoms with E-state index in [1.165, 1.54) is 34.1 Å². The Morgan fingerprint density at radius 3 is 2.19 bits per heavy atom. The molecule has 2 aromatic carbocycles. The molecular weight excluding hydrogens is 431 g/mol.